The van der Waals surface area contributed by atoms with Gasteiger partial charge in [0.2, 0.25) is 5.91 Å². The molecule has 1 aromatic rings. The maximum Gasteiger partial charge on any atom is 0.244 e. The van der Waals surface area contributed by atoms with E-state index in [0.29, 0.717) is 18.5 Å². The highest BCUT2D eigenvalue weighted by Crippen LogP contribution is 2.33. The summed E-state index contributed by atoms with van der Waals surface area (Å²) in [5.41, 5.74) is 5.29. The first-order chi connectivity index (χ1) is 7.01. The Morgan fingerprint density at radius 1 is 1.53 bits per heavy atom. The molecule has 1 aromatic carbocycles. The fourth-order valence-electron chi connectivity index (χ4n) is 1.19. The Balaban J connectivity index is 2.11. The lowest BCUT2D eigenvalue weighted by atomic mass is 10.2. The number of carbonyl (C=O) groups excluding carboxylic acids is 1. The van der Waals surface area contributed by atoms with E-state index in [1.807, 2.05) is 0 Å². The maximum absolute atomic E-state index is 13.0. The van der Waals surface area contributed by atoms with Crippen molar-refractivity contribution in [2.75, 3.05) is 5.32 Å². The van der Waals surface area contributed by atoms with Crippen LogP contribution in [-0.2, 0) is 4.79 Å². The van der Waals surface area contributed by atoms with Crippen molar-refractivity contribution in [3.8, 4) is 0 Å². The Hall–Kier alpha value is -1.13. The summed E-state index contributed by atoms with van der Waals surface area (Å²) in [4.78, 5) is 11.5. The zero-order valence-corrected chi connectivity index (χ0v) is 8.64. The van der Waals surface area contributed by atoms with Gasteiger partial charge in [-0.2, -0.15) is 0 Å². The van der Waals surface area contributed by atoms with E-state index in [9.17, 15) is 9.18 Å². The molecule has 5 heteroatoms. The highest BCUT2D eigenvalue weighted by atomic mass is 35.5. The average molecular weight is 229 g/mol. The van der Waals surface area contributed by atoms with E-state index in [-0.39, 0.29) is 10.9 Å². The number of carbonyl (C=O) groups is 1. The molecular formula is C10H10ClFN2O. The number of nitrogens with two attached hydrogens (primary N) is 1. The van der Waals surface area contributed by atoms with Crippen molar-refractivity contribution in [2.45, 2.75) is 18.4 Å². The van der Waals surface area contributed by atoms with E-state index in [1.165, 1.54) is 18.2 Å². The monoisotopic (exact) mass is 228 g/mol. The van der Waals surface area contributed by atoms with Crippen molar-refractivity contribution in [1.82, 2.24) is 0 Å². The van der Waals surface area contributed by atoms with Crippen LogP contribution in [0.25, 0.3) is 0 Å². The molecule has 0 radical (unpaired) electrons. The Bertz CT molecular complexity index is 418. The molecule has 2 rings (SSSR count). The molecule has 0 saturated heterocycles. The van der Waals surface area contributed by atoms with Crippen LogP contribution in [0.15, 0.2) is 18.2 Å². The van der Waals surface area contributed by atoms with E-state index in [0.717, 1.165) is 0 Å². The molecule has 3 N–H and O–H groups in total. The number of hydrogen-bond donors (Lipinski definition) is 2. The summed E-state index contributed by atoms with van der Waals surface area (Å²) in [6, 6.07) is 4.10. The number of amides is 1. The van der Waals surface area contributed by atoms with Gasteiger partial charge in [-0.05, 0) is 31.0 Å². The molecule has 0 bridgehead atoms. The summed E-state index contributed by atoms with van der Waals surface area (Å²) < 4.78 is 13.0. The second-order valence-electron chi connectivity index (χ2n) is 3.74. The maximum atomic E-state index is 13.0. The Labute approximate surface area is 91.4 Å². The molecule has 15 heavy (non-hydrogen) atoms. The molecule has 0 aromatic heterocycles. The van der Waals surface area contributed by atoms with Crippen LogP contribution in [-0.4, -0.2) is 11.4 Å². The minimum atomic E-state index is -0.754. The Morgan fingerprint density at radius 2 is 2.20 bits per heavy atom. The predicted molar refractivity (Wildman–Crippen MR) is 56.2 cm³/mol. The van der Waals surface area contributed by atoms with Crippen molar-refractivity contribution in [1.29, 1.82) is 0 Å². The number of anilines is 1. The molecule has 0 spiro atoms. The fraction of sp³-hybridized carbons (Fsp3) is 0.300. The summed E-state index contributed by atoms with van der Waals surface area (Å²) in [5, 5.41) is 2.58. The largest absolute Gasteiger partial charge is 0.324 e. The Morgan fingerprint density at radius 3 is 2.73 bits per heavy atom. The first-order valence-corrected chi connectivity index (χ1v) is 4.94. The molecule has 1 fully saturated rings. The Kier molecular flexibility index (Phi) is 2.40. The molecule has 0 atom stereocenters. The summed E-state index contributed by atoms with van der Waals surface area (Å²) in [7, 11) is 0. The van der Waals surface area contributed by atoms with Gasteiger partial charge in [-0.25, -0.2) is 4.39 Å². The van der Waals surface area contributed by atoms with Crippen LogP contribution in [0.2, 0.25) is 5.02 Å². The predicted octanol–water partition coefficient (Wildman–Crippen LogP) is 1.91. The molecule has 1 amide bonds. The second-order valence-corrected chi connectivity index (χ2v) is 4.15. The van der Waals surface area contributed by atoms with Crippen molar-refractivity contribution >= 4 is 23.2 Å². The van der Waals surface area contributed by atoms with Crippen LogP contribution in [0.4, 0.5) is 10.1 Å². The van der Waals surface area contributed by atoms with Crippen LogP contribution in [0, 0.1) is 5.82 Å². The first-order valence-electron chi connectivity index (χ1n) is 4.57. The third-order valence-corrected chi connectivity index (χ3v) is 2.72. The summed E-state index contributed by atoms with van der Waals surface area (Å²) in [6.45, 7) is 0. The molecule has 1 aliphatic rings. The summed E-state index contributed by atoms with van der Waals surface area (Å²) >= 11 is 5.51. The fourth-order valence-corrected chi connectivity index (χ4v) is 1.31. The molecule has 1 saturated carbocycles. The summed E-state index contributed by atoms with van der Waals surface area (Å²) in [6.07, 6.45) is 1.35. The van der Waals surface area contributed by atoms with Crippen molar-refractivity contribution in [3.05, 3.63) is 29.0 Å². The molecule has 0 heterocycles. The van der Waals surface area contributed by atoms with Crippen LogP contribution < -0.4 is 11.1 Å². The lowest BCUT2D eigenvalue weighted by Gasteiger charge is -2.10. The molecular weight excluding hydrogens is 219 g/mol. The van der Waals surface area contributed by atoms with Gasteiger partial charge in [0, 0.05) is 5.69 Å². The van der Waals surface area contributed by atoms with Gasteiger partial charge in [0.15, 0.2) is 0 Å². The van der Waals surface area contributed by atoms with E-state index in [1.54, 1.807) is 0 Å². The zero-order chi connectivity index (χ0) is 11.1. The van der Waals surface area contributed by atoms with Gasteiger partial charge in [0.25, 0.3) is 0 Å². The quantitative estimate of drug-likeness (QED) is 0.813. The molecule has 1 aliphatic carbocycles. The minimum Gasteiger partial charge on any atom is -0.324 e. The van der Waals surface area contributed by atoms with Crippen LogP contribution >= 0.6 is 11.6 Å². The number of rotatable bonds is 2. The second kappa shape index (κ2) is 3.47. The van der Waals surface area contributed by atoms with Crippen LogP contribution in [0.3, 0.4) is 0 Å². The van der Waals surface area contributed by atoms with E-state index >= 15 is 0 Å². The van der Waals surface area contributed by atoms with Crippen molar-refractivity contribution in [3.63, 3.8) is 0 Å². The first kappa shape index (κ1) is 10.4. The SMILES string of the molecule is NC1(C(=O)Nc2ccc(Cl)c(F)c2)CC1. The van der Waals surface area contributed by atoms with Gasteiger partial charge in [0.05, 0.1) is 10.6 Å². The molecule has 0 unspecified atom stereocenters. The van der Waals surface area contributed by atoms with Crippen molar-refractivity contribution < 1.29 is 9.18 Å². The van der Waals surface area contributed by atoms with Gasteiger partial charge < -0.3 is 11.1 Å². The van der Waals surface area contributed by atoms with Gasteiger partial charge in [-0.15, -0.1) is 0 Å². The standard InChI is InChI=1S/C10H10ClFN2O/c11-7-2-1-6(5-8(7)12)14-9(15)10(13)3-4-10/h1-2,5H,3-4,13H2,(H,14,15). The van der Waals surface area contributed by atoms with E-state index in [2.05, 4.69) is 5.32 Å². The number of halogens is 2. The van der Waals surface area contributed by atoms with Crippen molar-refractivity contribution in [2.24, 2.45) is 5.73 Å². The molecule has 0 aliphatic heterocycles. The molecule has 3 nitrogen and oxygen atoms in total. The third-order valence-electron chi connectivity index (χ3n) is 2.42. The van der Waals surface area contributed by atoms with Crippen LogP contribution in [0.5, 0.6) is 0 Å². The highest BCUT2D eigenvalue weighted by Gasteiger charge is 2.45. The van der Waals surface area contributed by atoms with E-state index < -0.39 is 11.4 Å². The highest BCUT2D eigenvalue weighted by molar-refractivity contribution is 6.30. The number of hydrogen-bond acceptors (Lipinski definition) is 2. The van der Waals surface area contributed by atoms with Gasteiger partial charge in [-0.3, -0.25) is 4.79 Å². The average Bonchev–Trinajstić information content (AvgIpc) is 2.92. The van der Waals surface area contributed by atoms with Crippen LogP contribution in [0.1, 0.15) is 12.8 Å². The van der Waals surface area contributed by atoms with Gasteiger partial charge in [0.1, 0.15) is 5.82 Å². The molecule has 80 valence electrons. The van der Waals surface area contributed by atoms with Gasteiger partial charge in [-0.1, -0.05) is 11.6 Å². The lowest BCUT2D eigenvalue weighted by molar-refractivity contribution is -0.118. The van der Waals surface area contributed by atoms with E-state index in [4.69, 9.17) is 17.3 Å². The minimum absolute atomic E-state index is 0.0295. The lowest BCUT2D eigenvalue weighted by Crippen LogP contribution is -2.37. The van der Waals surface area contributed by atoms with Gasteiger partial charge >= 0.3 is 0 Å². The third kappa shape index (κ3) is 2.11. The number of benzene rings is 1. The topological polar surface area (TPSA) is 55.1 Å². The smallest absolute Gasteiger partial charge is 0.244 e. The number of nitrogens with one attached hydrogen (secondary N) is 1. The zero-order valence-electron chi connectivity index (χ0n) is 7.89. The normalized spacial score (nSPS) is 17.3. The summed E-state index contributed by atoms with van der Waals surface area (Å²) in [5.74, 6) is -0.833.